The van der Waals surface area contributed by atoms with Gasteiger partial charge < -0.3 is 9.88 Å². The van der Waals surface area contributed by atoms with Crippen molar-refractivity contribution in [3.63, 3.8) is 0 Å². The fourth-order valence-corrected chi connectivity index (χ4v) is 4.52. The first-order valence-corrected chi connectivity index (χ1v) is 12.2. The number of fused-ring (bicyclic) bond motifs is 1. The summed E-state index contributed by atoms with van der Waals surface area (Å²) in [7, 11) is 0. The number of benzene rings is 4. The summed E-state index contributed by atoms with van der Waals surface area (Å²) in [5, 5.41) is 3.83. The van der Waals surface area contributed by atoms with Crippen molar-refractivity contribution in [3.8, 4) is 11.4 Å². The van der Waals surface area contributed by atoms with Gasteiger partial charge >= 0.3 is 0 Å². The molecule has 0 fully saturated rings. The summed E-state index contributed by atoms with van der Waals surface area (Å²) in [6, 6.07) is 35.4. The van der Waals surface area contributed by atoms with Crippen molar-refractivity contribution in [2.24, 2.45) is 0 Å². The van der Waals surface area contributed by atoms with Crippen LogP contribution in [0.4, 0.5) is 0 Å². The zero-order valence-corrected chi connectivity index (χ0v) is 20.0. The van der Waals surface area contributed by atoms with Crippen LogP contribution in [0.1, 0.15) is 23.6 Å². The van der Waals surface area contributed by atoms with E-state index in [1.165, 1.54) is 5.56 Å². The smallest absolute Gasteiger partial charge is 0.243 e. The van der Waals surface area contributed by atoms with Crippen LogP contribution in [0.2, 0.25) is 5.02 Å². The molecule has 0 bridgehead atoms. The van der Waals surface area contributed by atoms with Crippen LogP contribution in [0.5, 0.6) is 0 Å². The molecule has 4 nitrogen and oxygen atoms in total. The Balaban J connectivity index is 1.55. The molecule has 0 saturated carbocycles. The van der Waals surface area contributed by atoms with Gasteiger partial charge in [0.15, 0.2) is 0 Å². The molecule has 4 aromatic carbocycles. The van der Waals surface area contributed by atoms with Crippen LogP contribution in [-0.2, 0) is 17.8 Å². The van der Waals surface area contributed by atoms with Crippen molar-refractivity contribution in [2.45, 2.75) is 25.4 Å². The molecule has 1 heterocycles. The van der Waals surface area contributed by atoms with Crippen LogP contribution in [0.3, 0.4) is 0 Å². The van der Waals surface area contributed by atoms with Crippen LogP contribution in [-0.4, -0.2) is 15.5 Å². The van der Waals surface area contributed by atoms with Gasteiger partial charge in [-0.1, -0.05) is 84.4 Å². The second-order valence-electron chi connectivity index (χ2n) is 8.54. The van der Waals surface area contributed by atoms with Gasteiger partial charge in [-0.2, -0.15) is 0 Å². The van der Waals surface area contributed by atoms with Gasteiger partial charge in [-0.3, -0.25) is 4.79 Å². The lowest BCUT2D eigenvalue weighted by atomic mass is 10.0. The third kappa shape index (κ3) is 5.28. The van der Waals surface area contributed by atoms with E-state index in [1.54, 1.807) is 0 Å². The molecule has 0 spiro atoms. The Labute approximate surface area is 210 Å². The number of carbonyl (C=O) groups is 1. The third-order valence-corrected chi connectivity index (χ3v) is 6.42. The average Bonchev–Trinajstić information content (AvgIpc) is 3.28. The molecule has 5 aromatic rings. The van der Waals surface area contributed by atoms with Gasteiger partial charge in [0.25, 0.3) is 0 Å². The van der Waals surface area contributed by atoms with Gasteiger partial charge in [0, 0.05) is 17.1 Å². The van der Waals surface area contributed by atoms with Gasteiger partial charge in [0.05, 0.1) is 11.0 Å². The van der Waals surface area contributed by atoms with Crippen molar-refractivity contribution >= 4 is 28.5 Å². The largest absolute Gasteiger partial charge is 0.350 e. The number of carbonyl (C=O) groups excluding carboxylic acids is 1. The Morgan fingerprint density at radius 2 is 1.43 bits per heavy atom. The van der Waals surface area contributed by atoms with Crippen LogP contribution in [0, 0.1) is 0 Å². The molecule has 5 heteroatoms. The lowest BCUT2D eigenvalue weighted by Gasteiger charge is -2.22. The van der Waals surface area contributed by atoms with Crippen molar-refractivity contribution in [2.75, 3.05) is 0 Å². The molecular weight excluding hydrogens is 454 g/mol. The maximum absolute atomic E-state index is 13.7. The first kappa shape index (κ1) is 22.9. The predicted octanol–water partition coefficient (Wildman–Crippen LogP) is 6.85. The zero-order chi connectivity index (χ0) is 24.0. The Bertz CT molecular complexity index is 1410. The molecule has 174 valence electrons. The van der Waals surface area contributed by atoms with E-state index in [0.717, 1.165) is 34.4 Å². The second-order valence-corrected chi connectivity index (χ2v) is 8.98. The normalized spacial score (nSPS) is 11.9. The molecule has 0 aliphatic rings. The Kier molecular flexibility index (Phi) is 6.92. The predicted molar refractivity (Wildman–Crippen MR) is 142 cm³/mol. The summed E-state index contributed by atoms with van der Waals surface area (Å²) in [6.45, 7) is 0.477. The molecule has 0 saturated heterocycles. The van der Waals surface area contributed by atoms with E-state index in [2.05, 4.69) is 22.0 Å². The maximum atomic E-state index is 13.7. The molecule has 1 unspecified atom stereocenters. The standard InChI is InChI=1S/C30H26ClN3O/c31-25-18-16-24(17-19-25)29-33-26-13-7-8-14-27(26)34(29)28(20-15-22-9-3-1-4-10-22)30(35)32-21-23-11-5-2-6-12-23/h1-14,16-19,28H,15,20-21H2,(H,32,35). The van der Waals surface area contributed by atoms with Gasteiger partial charge in [-0.05, 0) is 60.4 Å². The number of amides is 1. The average molecular weight is 480 g/mol. The number of para-hydroxylation sites is 2. The lowest BCUT2D eigenvalue weighted by Crippen LogP contribution is -2.33. The minimum Gasteiger partial charge on any atom is -0.350 e. The summed E-state index contributed by atoms with van der Waals surface area (Å²) in [4.78, 5) is 18.7. The molecule has 1 amide bonds. The first-order chi connectivity index (χ1) is 17.2. The second kappa shape index (κ2) is 10.6. The number of aryl methyl sites for hydroxylation is 1. The van der Waals surface area contributed by atoms with E-state index < -0.39 is 6.04 Å². The number of nitrogens with zero attached hydrogens (tertiary/aromatic N) is 2. The molecule has 0 aliphatic carbocycles. The van der Waals surface area contributed by atoms with E-state index in [-0.39, 0.29) is 5.91 Å². The van der Waals surface area contributed by atoms with E-state index in [9.17, 15) is 4.79 Å². The van der Waals surface area contributed by atoms with Crippen molar-refractivity contribution < 1.29 is 4.79 Å². The number of hydrogen-bond acceptors (Lipinski definition) is 2. The summed E-state index contributed by atoms with van der Waals surface area (Å²) in [6.07, 6.45) is 1.42. The number of aromatic nitrogens is 2. The molecule has 5 rings (SSSR count). The van der Waals surface area contributed by atoms with Crippen LogP contribution >= 0.6 is 11.6 Å². The number of hydrogen-bond donors (Lipinski definition) is 1. The topological polar surface area (TPSA) is 46.9 Å². The van der Waals surface area contributed by atoms with E-state index >= 15 is 0 Å². The highest BCUT2D eigenvalue weighted by molar-refractivity contribution is 6.30. The van der Waals surface area contributed by atoms with Gasteiger partial charge in [-0.15, -0.1) is 0 Å². The fourth-order valence-electron chi connectivity index (χ4n) is 4.39. The first-order valence-electron chi connectivity index (χ1n) is 11.8. The SMILES string of the molecule is O=C(NCc1ccccc1)C(CCc1ccccc1)n1c(-c2ccc(Cl)cc2)nc2ccccc21. The highest BCUT2D eigenvalue weighted by atomic mass is 35.5. The fraction of sp³-hybridized carbons (Fsp3) is 0.133. The minimum absolute atomic E-state index is 0.0249. The molecule has 1 N–H and O–H groups in total. The summed E-state index contributed by atoms with van der Waals surface area (Å²) >= 11 is 6.16. The summed E-state index contributed by atoms with van der Waals surface area (Å²) in [5.41, 5.74) is 4.98. The molecule has 0 aliphatic heterocycles. The van der Waals surface area contributed by atoms with E-state index in [1.807, 2.05) is 97.1 Å². The number of imidazole rings is 1. The molecular formula is C30H26ClN3O. The van der Waals surface area contributed by atoms with Crippen LogP contribution < -0.4 is 5.32 Å². The van der Waals surface area contributed by atoms with Crippen LogP contribution in [0.25, 0.3) is 22.4 Å². The van der Waals surface area contributed by atoms with E-state index in [0.29, 0.717) is 18.0 Å². The Hall–Kier alpha value is -3.89. The van der Waals surface area contributed by atoms with Gasteiger partial charge in [0.2, 0.25) is 5.91 Å². The maximum Gasteiger partial charge on any atom is 0.243 e. The molecule has 1 aromatic heterocycles. The van der Waals surface area contributed by atoms with Crippen molar-refractivity contribution in [1.29, 1.82) is 0 Å². The summed E-state index contributed by atoms with van der Waals surface area (Å²) in [5.74, 6) is 0.735. The van der Waals surface area contributed by atoms with Crippen molar-refractivity contribution in [3.05, 3.63) is 125 Å². The van der Waals surface area contributed by atoms with E-state index in [4.69, 9.17) is 16.6 Å². The number of halogens is 1. The Morgan fingerprint density at radius 3 is 2.14 bits per heavy atom. The van der Waals surface area contributed by atoms with Gasteiger partial charge in [0.1, 0.15) is 11.9 Å². The monoisotopic (exact) mass is 479 g/mol. The number of nitrogens with one attached hydrogen (secondary N) is 1. The zero-order valence-electron chi connectivity index (χ0n) is 19.3. The number of rotatable bonds is 8. The van der Waals surface area contributed by atoms with Crippen molar-refractivity contribution in [1.82, 2.24) is 14.9 Å². The third-order valence-electron chi connectivity index (χ3n) is 6.17. The van der Waals surface area contributed by atoms with Crippen LogP contribution in [0.15, 0.2) is 109 Å². The Morgan fingerprint density at radius 1 is 0.800 bits per heavy atom. The molecule has 35 heavy (non-hydrogen) atoms. The quantitative estimate of drug-likeness (QED) is 0.264. The molecule has 1 atom stereocenters. The lowest BCUT2D eigenvalue weighted by molar-refractivity contribution is -0.124. The highest BCUT2D eigenvalue weighted by Gasteiger charge is 2.26. The van der Waals surface area contributed by atoms with Gasteiger partial charge in [-0.25, -0.2) is 4.98 Å². The summed E-state index contributed by atoms with van der Waals surface area (Å²) < 4.78 is 2.09. The highest BCUT2D eigenvalue weighted by Crippen LogP contribution is 2.31. The minimum atomic E-state index is -0.433. The molecule has 0 radical (unpaired) electrons.